The molecule has 1 aromatic carbocycles. The zero-order valence-corrected chi connectivity index (χ0v) is 19.6. The van der Waals surface area contributed by atoms with Crippen LogP contribution >= 0.6 is 0 Å². The van der Waals surface area contributed by atoms with Crippen LogP contribution in [0.5, 0.6) is 5.75 Å². The molecule has 14 heteroatoms. The molecular weight excluding hydrogens is 471 g/mol. The van der Waals surface area contributed by atoms with Crippen LogP contribution < -0.4 is 9.64 Å². The first kappa shape index (κ1) is 23.7. The van der Waals surface area contributed by atoms with Crippen LogP contribution in [0.1, 0.15) is 37.1 Å². The summed E-state index contributed by atoms with van der Waals surface area (Å²) in [6.07, 6.45) is 8.23. The predicted octanol–water partition coefficient (Wildman–Crippen LogP) is 2.07. The summed E-state index contributed by atoms with van der Waals surface area (Å²) in [6.45, 7) is 4.33. The summed E-state index contributed by atoms with van der Waals surface area (Å²) in [6, 6.07) is 4.67. The maximum Gasteiger partial charge on any atom is 0.225 e. The molecule has 0 atom stereocenters. The zero-order valence-electron chi connectivity index (χ0n) is 19.6. The van der Waals surface area contributed by atoms with E-state index in [2.05, 4.69) is 40.6 Å². The fraction of sp³-hybridized carbons (Fsp3) is 0.409. The fourth-order valence-corrected chi connectivity index (χ4v) is 3.81. The summed E-state index contributed by atoms with van der Waals surface area (Å²) in [5.41, 5.74) is 1.97. The van der Waals surface area contributed by atoms with Gasteiger partial charge in [-0.05, 0) is 42.3 Å². The lowest BCUT2D eigenvalue weighted by molar-refractivity contribution is -0.300. The Morgan fingerprint density at radius 3 is 2.61 bits per heavy atom. The van der Waals surface area contributed by atoms with Crippen molar-refractivity contribution in [2.24, 2.45) is 0 Å². The molecule has 4 aromatic rings. The highest BCUT2D eigenvalue weighted by Crippen LogP contribution is 2.24. The number of benzene rings is 1. The minimum absolute atomic E-state index is 0.104. The molecule has 4 heterocycles. The van der Waals surface area contributed by atoms with Crippen molar-refractivity contribution >= 4 is 5.95 Å². The van der Waals surface area contributed by atoms with Gasteiger partial charge in [0.1, 0.15) is 25.2 Å². The van der Waals surface area contributed by atoms with Gasteiger partial charge in [-0.15, -0.1) is 5.10 Å². The van der Waals surface area contributed by atoms with Crippen molar-refractivity contribution in [3.63, 3.8) is 0 Å². The van der Waals surface area contributed by atoms with Gasteiger partial charge in [-0.3, -0.25) is 0 Å². The third-order valence-corrected chi connectivity index (χ3v) is 5.65. The maximum absolute atomic E-state index is 14.4. The number of aromatic nitrogens is 9. The summed E-state index contributed by atoms with van der Waals surface area (Å²) in [7, 11) is 0. The van der Waals surface area contributed by atoms with Crippen LogP contribution in [0, 0.1) is 5.82 Å². The molecule has 1 aliphatic rings. The molecule has 5 rings (SSSR count). The standard InChI is InChI=1S/C22H25FN10O3/c1-2-35-36-13-16-10-24-22(25-11-16)31-7-5-18(6-8-31)33-27-12-17(28-33)14-34-21-4-3-19(9-20(21)23)32-15-26-29-30-32/h3-4,9-12,15,18H,2,5-8,13-14H2,1H3. The van der Waals surface area contributed by atoms with Gasteiger partial charge in [-0.25, -0.2) is 28.8 Å². The highest BCUT2D eigenvalue weighted by molar-refractivity contribution is 5.37. The molecule has 1 saturated heterocycles. The number of hydrogen-bond donors (Lipinski definition) is 0. The first-order valence-corrected chi connectivity index (χ1v) is 11.6. The Kier molecular flexibility index (Phi) is 7.33. The van der Waals surface area contributed by atoms with Crippen LogP contribution in [-0.4, -0.2) is 64.9 Å². The van der Waals surface area contributed by atoms with E-state index < -0.39 is 5.82 Å². The molecule has 0 amide bonds. The van der Waals surface area contributed by atoms with Crippen LogP contribution in [0.3, 0.4) is 0 Å². The number of piperidine rings is 1. The van der Waals surface area contributed by atoms with E-state index in [1.54, 1.807) is 29.5 Å². The summed E-state index contributed by atoms with van der Waals surface area (Å²) in [5.74, 6) is 0.286. The number of hydrogen-bond acceptors (Lipinski definition) is 11. The Morgan fingerprint density at radius 2 is 1.89 bits per heavy atom. The van der Waals surface area contributed by atoms with Crippen molar-refractivity contribution in [2.75, 3.05) is 24.6 Å². The number of rotatable bonds is 10. The highest BCUT2D eigenvalue weighted by Gasteiger charge is 2.24. The lowest BCUT2D eigenvalue weighted by atomic mass is 10.1. The smallest absolute Gasteiger partial charge is 0.225 e. The molecule has 0 saturated carbocycles. The van der Waals surface area contributed by atoms with E-state index in [-0.39, 0.29) is 18.4 Å². The van der Waals surface area contributed by atoms with Crippen LogP contribution in [0.4, 0.5) is 10.3 Å². The molecule has 0 spiro atoms. The molecule has 0 unspecified atom stereocenters. The van der Waals surface area contributed by atoms with Crippen LogP contribution in [0.2, 0.25) is 0 Å². The topological polar surface area (TPSA) is 131 Å². The molecule has 0 N–H and O–H groups in total. The second-order valence-electron chi connectivity index (χ2n) is 8.09. The van der Waals surface area contributed by atoms with Crippen molar-refractivity contribution in [1.29, 1.82) is 0 Å². The molecule has 36 heavy (non-hydrogen) atoms. The molecule has 0 radical (unpaired) electrons. The van der Waals surface area contributed by atoms with E-state index in [0.717, 1.165) is 31.5 Å². The molecule has 1 aliphatic heterocycles. The molecule has 1 fully saturated rings. The SMILES string of the molecule is CCOOCc1cnc(N2CCC(n3ncc(COc4ccc(-n5cnnn5)cc4F)n3)CC2)nc1. The van der Waals surface area contributed by atoms with Crippen LogP contribution in [0.25, 0.3) is 5.69 Å². The Morgan fingerprint density at radius 1 is 1.06 bits per heavy atom. The van der Waals surface area contributed by atoms with Gasteiger partial charge in [0.15, 0.2) is 11.6 Å². The third kappa shape index (κ3) is 5.60. The molecule has 13 nitrogen and oxygen atoms in total. The van der Waals surface area contributed by atoms with Gasteiger partial charge in [0.25, 0.3) is 0 Å². The lowest BCUT2D eigenvalue weighted by Crippen LogP contribution is -2.36. The van der Waals surface area contributed by atoms with E-state index in [1.807, 2.05) is 6.92 Å². The Balaban J connectivity index is 1.11. The average Bonchev–Trinajstić information content (AvgIpc) is 3.62. The molecule has 0 bridgehead atoms. The van der Waals surface area contributed by atoms with Gasteiger partial charge in [0.2, 0.25) is 5.95 Å². The average molecular weight is 497 g/mol. The first-order valence-electron chi connectivity index (χ1n) is 11.6. The summed E-state index contributed by atoms with van der Waals surface area (Å²) in [4.78, 5) is 22.7. The highest BCUT2D eigenvalue weighted by atomic mass is 19.1. The number of nitrogens with zero attached hydrogens (tertiary/aromatic N) is 10. The van der Waals surface area contributed by atoms with E-state index >= 15 is 0 Å². The fourth-order valence-electron chi connectivity index (χ4n) is 3.81. The van der Waals surface area contributed by atoms with Gasteiger partial charge in [0, 0.05) is 37.1 Å². The normalized spacial score (nSPS) is 14.3. The molecule has 188 valence electrons. The monoisotopic (exact) mass is 496 g/mol. The van der Waals surface area contributed by atoms with Crippen molar-refractivity contribution in [1.82, 2.24) is 45.2 Å². The third-order valence-electron chi connectivity index (χ3n) is 5.65. The summed E-state index contributed by atoms with van der Waals surface area (Å²) in [5, 5.41) is 19.8. The van der Waals surface area contributed by atoms with Gasteiger partial charge >= 0.3 is 0 Å². The summed E-state index contributed by atoms with van der Waals surface area (Å²) >= 11 is 0. The van der Waals surface area contributed by atoms with Gasteiger partial charge in [-0.2, -0.15) is 15.0 Å². The maximum atomic E-state index is 14.4. The minimum atomic E-state index is -0.514. The number of anilines is 1. The lowest BCUT2D eigenvalue weighted by Gasteiger charge is -2.31. The van der Waals surface area contributed by atoms with E-state index in [9.17, 15) is 4.39 Å². The quantitative estimate of drug-likeness (QED) is 0.182. The Bertz CT molecular complexity index is 1240. The van der Waals surface area contributed by atoms with Gasteiger partial charge in [-0.1, -0.05) is 0 Å². The predicted molar refractivity (Wildman–Crippen MR) is 122 cm³/mol. The second kappa shape index (κ2) is 11.1. The Labute approximate surface area is 205 Å². The second-order valence-corrected chi connectivity index (χ2v) is 8.09. The van der Waals surface area contributed by atoms with Gasteiger partial charge < -0.3 is 9.64 Å². The number of halogens is 1. The summed E-state index contributed by atoms with van der Waals surface area (Å²) < 4.78 is 21.4. The van der Waals surface area contributed by atoms with Crippen LogP contribution in [0.15, 0.2) is 43.1 Å². The van der Waals surface area contributed by atoms with E-state index in [4.69, 9.17) is 14.5 Å². The largest absolute Gasteiger partial charge is 0.484 e. The number of tetrazole rings is 1. The number of ether oxygens (including phenoxy) is 1. The first-order chi connectivity index (χ1) is 17.7. The van der Waals surface area contributed by atoms with Gasteiger partial charge in [0.05, 0.1) is 24.5 Å². The van der Waals surface area contributed by atoms with Crippen LogP contribution in [-0.2, 0) is 23.0 Å². The van der Waals surface area contributed by atoms with E-state index in [0.29, 0.717) is 30.5 Å². The van der Waals surface area contributed by atoms with Crippen molar-refractivity contribution in [2.45, 2.75) is 39.0 Å². The van der Waals surface area contributed by atoms with Crippen molar-refractivity contribution in [3.8, 4) is 11.4 Å². The Hall–Kier alpha value is -4.04. The van der Waals surface area contributed by atoms with Crippen molar-refractivity contribution < 1.29 is 18.9 Å². The molecular formula is C22H25FN10O3. The van der Waals surface area contributed by atoms with E-state index in [1.165, 1.54) is 23.1 Å². The molecule has 3 aromatic heterocycles. The zero-order chi connectivity index (χ0) is 24.7. The minimum Gasteiger partial charge on any atom is -0.484 e. The van der Waals surface area contributed by atoms with Crippen molar-refractivity contribution in [3.05, 3.63) is 60.2 Å². The molecule has 0 aliphatic carbocycles.